The average molecular weight is 254 g/mol. The highest BCUT2D eigenvalue weighted by molar-refractivity contribution is 5.09. The van der Waals surface area contributed by atoms with Crippen molar-refractivity contribution < 1.29 is 22.6 Å². The highest BCUT2D eigenvalue weighted by Gasteiger charge is 2.27. The Hall–Kier alpha value is -0.790. The van der Waals surface area contributed by atoms with Crippen molar-refractivity contribution in [1.29, 1.82) is 0 Å². The fourth-order valence-corrected chi connectivity index (χ4v) is 1.61. The van der Waals surface area contributed by atoms with Crippen molar-refractivity contribution in [3.8, 4) is 0 Å². The number of ether oxygens (including phenoxy) is 2. The first-order valence-electron chi connectivity index (χ1n) is 5.44. The fraction of sp³-hybridized carbons (Fsp3) is 0.800. The van der Waals surface area contributed by atoms with Crippen molar-refractivity contribution in [3.05, 3.63) is 11.8 Å². The molecule has 0 amide bonds. The van der Waals surface area contributed by atoms with E-state index in [2.05, 4.69) is 10.2 Å². The molecule has 3 N–H and O–H groups in total. The second-order valence-corrected chi connectivity index (χ2v) is 3.84. The summed E-state index contributed by atoms with van der Waals surface area (Å²) in [5.74, 6) is 5.35. The van der Waals surface area contributed by atoms with Gasteiger partial charge in [0.15, 0.2) is 0 Å². The lowest BCUT2D eigenvalue weighted by Crippen LogP contribution is -2.38. The average Bonchev–Trinajstić information content (AvgIpc) is 2.29. The van der Waals surface area contributed by atoms with Crippen LogP contribution in [0, 0.1) is 0 Å². The molecule has 7 heteroatoms. The van der Waals surface area contributed by atoms with Gasteiger partial charge in [0.25, 0.3) is 0 Å². The monoisotopic (exact) mass is 254 g/mol. The van der Waals surface area contributed by atoms with Crippen LogP contribution in [0.15, 0.2) is 11.8 Å². The zero-order valence-electron chi connectivity index (χ0n) is 9.43. The minimum Gasteiger partial charge on any atom is -0.501 e. The van der Waals surface area contributed by atoms with Gasteiger partial charge < -0.3 is 9.47 Å². The van der Waals surface area contributed by atoms with Crippen LogP contribution in [0.5, 0.6) is 0 Å². The molecule has 0 aromatic heterocycles. The molecule has 1 unspecified atom stereocenters. The van der Waals surface area contributed by atoms with E-state index in [0.29, 0.717) is 13.0 Å². The highest BCUT2D eigenvalue weighted by atomic mass is 19.4. The van der Waals surface area contributed by atoms with E-state index in [4.69, 9.17) is 10.6 Å². The van der Waals surface area contributed by atoms with Crippen molar-refractivity contribution in [1.82, 2.24) is 5.43 Å². The molecule has 0 aromatic carbocycles. The fourth-order valence-electron chi connectivity index (χ4n) is 1.61. The van der Waals surface area contributed by atoms with Gasteiger partial charge in [0, 0.05) is 12.6 Å². The first-order chi connectivity index (χ1) is 8.03. The minimum absolute atomic E-state index is 0.00567. The van der Waals surface area contributed by atoms with Crippen LogP contribution in [-0.4, -0.2) is 32.0 Å². The van der Waals surface area contributed by atoms with Crippen LogP contribution in [0.3, 0.4) is 0 Å². The summed E-state index contributed by atoms with van der Waals surface area (Å²) in [7, 11) is 0. The third-order valence-corrected chi connectivity index (χ3v) is 2.43. The van der Waals surface area contributed by atoms with Gasteiger partial charge in [0.2, 0.25) is 0 Å². The maximum atomic E-state index is 11.8. The topological polar surface area (TPSA) is 56.5 Å². The molecule has 1 heterocycles. The molecule has 0 aromatic rings. The molecule has 0 saturated heterocycles. The molecule has 0 aliphatic carbocycles. The Balaban J connectivity index is 2.25. The van der Waals surface area contributed by atoms with Crippen LogP contribution in [0.1, 0.15) is 19.3 Å². The normalized spacial score (nSPS) is 18.5. The molecule has 4 nitrogen and oxygen atoms in total. The number of hydrazine groups is 1. The Bertz CT molecular complexity index is 256. The van der Waals surface area contributed by atoms with Crippen LogP contribution < -0.4 is 11.3 Å². The van der Waals surface area contributed by atoms with Crippen molar-refractivity contribution >= 4 is 0 Å². The largest absolute Gasteiger partial charge is 0.501 e. The van der Waals surface area contributed by atoms with Crippen molar-refractivity contribution in [2.45, 2.75) is 31.5 Å². The molecule has 17 heavy (non-hydrogen) atoms. The van der Waals surface area contributed by atoms with Gasteiger partial charge in [-0.25, -0.2) is 0 Å². The third-order valence-electron chi connectivity index (χ3n) is 2.43. The Kier molecular flexibility index (Phi) is 5.73. The number of nitrogens with one attached hydrogen (secondary N) is 1. The lowest BCUT2D eigenvalue weighted by atomic mass is 10.0. The molecule has 1 aliphatic rings. The molecule has 0 radical (unpaired) electrons. The number of alkyl halides is 3. The van der Waals surface area contributed by atoms with Crippen molar-refractivity contribution in [3.63, 3.8) is 0 Å². The zero-order chi connectivity index (χ0) is 12.7. The quantitative estimate of drug-likeness (QED) is 0.428. The van der Waals surface area contributed by atoms with Crippen LogP contribution >= 0.6 is 0 Å². The van der Waals surface area contributed by atoms with Crippen LogP contribution in [0.4, 0.5) is 13.2 Å². The van der Waals surface area contributed by atoms with Crippen molar-refractivity contribution in [2.75, 3.05) is 19.8 Å². The molecule has 1 rings (SSSR count). The molecule has 1 atom stereocenters. The smallest absolute Gasteiger partial charge is 0.411 e. The predicted molar refractivity (Wildman–Crippen MR) is 55.9 cm³/mol. The first kappa shape index (κ1) is 14.3. The summed E-state index contributed by atoms with van der Waals surface area (Å²) in [4.78, 5) is 0. The molecule has 0 saturated carbocycles. The van der Waals surface area contributed by atoms with Gasteiger partial charge in [-0.3, -0.25) is 11.3 Å². The molecule has 1 aliphatic heterocycles. The Morgan fingerprint density at radius 2 is 2.29 bits per heavy atom. The van der Waals surface area contributed by atoms with Crippen LogP contribution in [-0.2, 0) is 9.47 Å². The minimum atomic E-state index is -4.28. The van der Waals surface area contributed by atoms with E-state index < -0.39 is 12.8 Å². The summed E-state index contributed by atoms with van der Waals surface area (Å²) in [6, 6.07) is -0.191. The van der Waals surface area contributed by atoms with Crippen LogP contribution in [0.25, 0.3) is 0 Å². The number of nitrogens with two attached hydrogens (primary N) is 1. The number of rotatable bonds is 6. The zero-order valence-corrected chi connectivity index (χ0v) is 9.43. The molecular formula is C10H17F3N2O2. The Morgan fingerprint density at radius 1 is 1.53 bits per heavy atom. The molecular weight excluding hydrogens is 237 g/mol. The maximum absolute atomic E-state index is 11.8. The van der Waals surface area contributed by atoms with Crippen molar-refractivity contribution in [2.24, 2.45) is 5.84 Å². The van der Waals surface area contributed by atoms with E-state index in [1.165, 1.54) is 0 Å². The third kappa shape index (κ3) is 5.90. The molecule has 100 valence electrons. The lowest BCUT2D eigenvalue weighted by Gasteiger charge is -2.22. The van der Waals surface area contributed by atoms with Gasteiger partial charge in [0.05, 0.1) is 12.9 Å². The van der Waals surface area contributed by atoms with Crippen LogP contribution in [0.2, 0.25) is 0 Å². The highest BCUT2D eigenvalue weighted by Crippen LogP contribution is 2.18. The van der Waals surface area contributed by atoms with E-state index in [-0.39, 0.29) is 12.6 Å². The van der Waals surface area contributed by atoms with Gasteiger partial charge in [-0.2, -0.15) is 13.2 Å². The summed E-state index contributed by atoms with van der Waals surface area (Å²) < 4.78 is 45.1. The van der Waals surface area contributed by atoms with Gasteiger partial charge in [-0.15, -0.1) is 0 Å². The van der Waals surface area contributed by atoms with Gasteiger partial charge in [-0.1, -0.05) is 0 Å². The number of hydrogen-bond donors (Lipinski definition) is 2. The summed E-state index contributed by atoms with van der Waals surface area (Å²) >= 11 is 0. The standard InChI is InChI=1S/C10H17F3N2O2/c11-10(12,13)7-17-5-3-9(15-14)8-2-1-4-16-6-8/h6,9,15H,1-5,7,14H2. The Labute approximate surface area is 97.9 Å². The number of halogens is 3. The second kappa shape index (κ2) is 6.83. The van der Waals surface area contributed by atoms with E-state index in [9.17, 15) is 13.2 Å². The van der Waals surface area contributed by atoms with Gasteiger partial charge >= 0.3 is 6.18 Å². The molecule has 0 bridgehead atoms. The van der Waals surface area contributed by atoms with E-state index in [1.54, 1.807) is 6.26 Å². The first-order valence-corrected chi connectivity index (χ1v) is 5.44. The molecule has 0 spiro atoms. The SMILES string of the molecule is NNC(CCOCC(F)(F)F)C1=COCCC1. The van der Waals surface area contributed by atoms with E-state index >= 15 is 0 Å². The second-order valence-electron chi connectivity index (χ2n) is 3.84. The predicted octanol–water partition coefficient (Wildman–Crippen LogP) is 1.48. The van der Waals surface area contributed by atoms with E-state index in [0.717, 1.165) is 18.4 Å². The number of hydrogen-bond acceptors (Lipinski definition) is 4. The summed E-state index contributed by atoms with van der Waals surface area (Å²) in [5, 5.41) is 0. The molecule has 0 fully saturated rings. The van der Waals surface area contributed by atoms with E-state index in [1.807, 2.05) is 0 Å². The summed E-state index contributed by atoms with van der Waals surface area (Å²) in [5.41, 5.74) is 3.53. The summed E-state index contributed by atoms with van der Waals surface area (Å²) in [6.45, 7) is -0.545. The van der Waals surface area contributed by atoms with Gasteiger partial charge in [0.1, 0.15) is 6.61 Å². The maximum Gasteiger partial charge on any atom is 0.411 e. The Morgan fingerprint density at radius 3 is 2.82 bits per heavy atom. The summed E-state index contributed by atoms with van der Waals surface area (Å²) in [6.07, 6.45) is -0.528. The lowest BCUT2D eigenvalue weighted by molar-refractivity contribution is -0.174. The van der Waals surface area contributed by atoms with Gasteiger partial charge in [-0.05, 0) is 24.8 Å².